The Balaban J connectivity index is 1.37. The molecular formula is C21H27ClN4O3S. The van der Waals surface area contributed by atoms with Crippen molar-refractivity contribution in [2.75, 3.05) is 45.6 Å². The number of benzene rings is 1. The minimum Gasteiger partial charge on any atom is -0.496 e. The maximum Gasteiger partial charge on any atom is 0.261 e. The number of nitrogen functional groups attached to an aromatic ring is 1. The molecule has 0 radical (unpaired) electrons. The third kappa shape index (κ3) is 5.87. The Morgan fingerprint density at radius 3 is 2.90 bits per heavy atom. The van der Waals surface area contributed by atoms with Crippen LogP contribution in [-0.4, -0.2) is 56.5 Å². The van der Waals surface area contributed by atoms with Gasteiger partial charge < -0.3 is 26.0 Å². The number of carbonyl (C=O) groups is 2. The number of nitrogens with one attached hydrogen (secondary N) is 2. The van der Waals surface area contributed by atoms with Gasteiger partial charge in [0.25, 0.3) is 11.8 Å². The monoisotopic (exact) mass is 450 g/mol. The SMILES string of the molecule is COc1cc(N)c(Cl)cc1C(=O)NCC1CCN(CCCNC(=O)c2cccs2)C1. The van der Waals surface area contributed by atoms with Gasteiger partial charge in [0.15, 0.2) is 0 Å². The predicted molar refractivity (Wildman–Crippen MR) is 121 cm³/mol. The summed E-state index contributed by atoms with van der Waals surface area (Å²) in [5.74, 6) is 0.575. The number of likely N-dealkylation sites (tertiary alicyclic amines) is 1. The maximum absolute atomic E-state index is 12.6. The quantitative estimate of drug-likeness (QED) is 0.403. The van der Waals surface area contributed by atoms with E-state index >= 15 is 0 Å². The Morgan fingerprint density at radius 2 is 2.17 bits per heavy atom. The Bertz CT molecular complexity index is 875. The highest BCUT2D eigenvalue weighted by Crippen LogP contribution is 2.28. The van der Waals surface area contributed by atoms with Crippen LogP contribution in [0.3, 0.4) is 0 Å². The number of hydrogen-bond donors (Lipinski definition) is 3. The van der Waals surface area contributed by atoms with Crippen molar-refractivity contribution in [3.05, 3.63) is 45.1 Å². The zero-order valence-corrected chi connectivity index (χ0v) is 18.5. The number of anilines is 1. The van der Waals surface area contributed by atoms with Crippen molar-refractivity contribution >= 4 is 40.4 Å². The predicted octanol–water partition coefficient (Wildman–Crippen LogP) is 2.86. The molecule has 0 saturated carbocycles. The summed E-state index contributed by atoms with van der Waals surface area (Å²) in [6, 6.07) is 6.80. The third-order valence-corrected chi connectivity index (χ3v) is 6.36. The summed E-state index contributed by atoms with van der Waals surface area (Å²) in [5.41, 5.74) is 6.53. The molecule has 1 aliphatic rings. The summed E-state index contributed by atoms with van der Waals surface area (Å²) in [6.07, 6.45) is 1.93. The van der Waals surface area contributed by atoms with Crippen LogP contribution in [0.2, 0.25) is 5.02 Å². The number of nitrogens with two attached hydrogens (primary N) is 1. The fraction of sp³-hybridized carbons (Fsp3) is 0.429. The van der Waals surface area contributed by atoms with Crippen molar-refractivity contribution in [1.82, 2.24) is 15.5 Å². The minimum absolute atomic E-state index is 0.00906. The number of rotatable bonds is 9. The highest BCUT2D eigenvalue weighted by molar-refractivity contribution is 7.12. The Morgan fingerprint density at radius 1 is 1.33 bits per heavy atom. The number of ether oxygens (including phenoxy) is 1. The number of amides is 2. The molecule has 0 bridgehead atoms. The molecule has 1 aromatic carbocycles. The van der Waals surface area contributed by atoms with Gasteiger partial charge >= 0.3 is 0 Å². The summed E-state index contributed by atoms with van der Waals surface area (Å²) in [4.78, 5) is 27.6. The van der Waals surface area contributed by atoms with Gasteiger partial charge in [-0.25, -0.2) is 0 Å². The lowest BCUT2D eigenvalue weighted by Gasteiger charge is -2.17. The van der Waals surface area contributed by atoms with E-state index < -0.39 is 0 Å². The van der Waals surface area contributed by atoms with Gasteiger partial charge in [0.05, 0.1) is 28.3 Å². The summed E-state index contributed by atoms with van der Waals surface area (Å²) in [7, 11) is 1.50. The molecule has 1 aromatic heterocycles. The van der Waals surface area contributed by atoms with Gasteiger partial charge in [-0.1, -0.05) is 17.7 Å². The summed E-state index contributed by atoms with van der Waals surface area (Å²) < 4.78 is 5.25. The summed E-state index contributed by atoms with van der Waals surface area (Å²) in [5, 5.41) is 8.17. The van der Waals surface area contributed by atoms with E-state index in [9.17, 15) is 9.59 Å². The first kappa shape index (κ1) is 22.4. The molecule has 4 N–H and O–H groups in total. The molecule has 1 saturated heterocycles. The highest BCUT2D eigenvalue weighted by atomic mass is 35.5. The molecule has 1 unspecified atom stereocenters. The number of carbonyl (C=O) groups excluding carboxylic acids is 2. The van der Waals surface area contributed by atoms with Crippen LogP contribution < -0.4 is 21.1 Å². The molecule has 30 heavy (non-hydrogen) atoms. The van der Waals surface area contributed by atoms with E-state index in [0.717, 1.165) is 37.4 Å². The van der Waals surface area contributed by atoms with E-state index in [2.05, 4.69) is 15.5 Å². The van der Waals surface area contributed by atoms with Crippen LogP contribution >= 0.6 is 22.9 Å². The molecule has 0 spiro atoms. The Kier molecular flexibility index (Phi) is 7.95. The van der Waals surface area contributed by atoms with Crippen molar-refractivity contribution < 1.29 is 14.3 Å². The largest absolute Gasteiger partial charge is 0.496 e. The number of nitrogens with zero attached hydrogens (tertiary/aromatic N) is 1. The second kappa shape index (κ2) is 10.7. The minimum atomic E-state index is -0.219. The molecule has 2 amide bonds. The molecule has 2 heterocycles. The van der Waals surface area contributed by atoms with Gasteiger partial charge in [-0.05, 0) is 49.4 Å². The van der Waals surface area contributed by atoms with Gasteiger partial charge in [0.2, 0.25) is 0 Å². The first-order valence-electron chi connectivity index (χ1n) is 9.93. The first-order valence-corrected chi connectivity index (χ1v) is 11.2. The number of thiophene rings is 1. The second-order valence-corrected chi connectivity index (χ2v) is 8.68. The van der Waals surface area contributed by atoms with Crippen molar-refractivity contribution in [2.24, 2.45) is 5.92 Å². The average molecular weight is 451 g/mol. The van der Waals surface area contributed by atoms with Gasteiger partial charge in [-0.15, -0.1) is 11.3 Å². The van der Waals surface area contributed by atoms with E-state index in [0.29, 0.717) is 41.0 Å². The molecule has 1 aliphatic heterocycles. The highest BCUT2D eigenvalue weighted by Gasteiger charge is 2.23. The normalized spacial score (nSPS) is 16.4. The molecule has 3 rings (SSSR count). The van der Waals surface area contributed by atoms with Gasteiger partial charge in [0, 0.05) is 25.7 Å². The van der Waals surface area contributed by atoms with Crippen LogP contribution in [0.15, 0.2) is 29.6 Å². The van der Waals surface area contributed by atoms with Gasteiger partial charge in [-0.2, -0.15) is 0 Å². The molecule has 162 valence electrons. The summed E-state index contributed by atoms with van der Waals surface area (Å²) in [6.45, 7) is 4.10. The number of methoxy groups -OCH3 is 1. The van der Waals surface area contributed by atoms with Gasteiger partial charge in [0.1, 0.15) is 5.75 Å². The zero-order chi connectivity index (χ0) is 21.5. The lowest BCUT2D eigenvalue weighted by molar-refractivity contribution is 0.0941. The molecule has 0 aliphatic carbocycles. The van der Waals surface area contributed by atoms with Crippen molar-refractivity contribution in [3.8, 4) is 5.75 Å². The van der Waals surface area contributed by atoms with E-state index in [1.54, 1.807) is 6.07 Å². The van der Waals surface area contributed by atoms with Crippen LogP contribution in [0.1, 0.15) is 32.9 Å². The molecular weight excluding hydrogens is 424 g/mol. The van der Waals surface area contributed by atoms with E-state index in [-0.39, 0.29) is 11.8 Å². The standard InChI is InChI=1S/C21H27ClN4O3S/c1-29-18-11-17(23)16(22)10-15(18)20(27)25-12-14-5-8-26(13-14)7-3-6-24-21(28)19-4-2-9-30-19/h2,4,9-11,14H,3,5-8,12-13,23H2,1H3,(H,24,28)(H,25,27). The molecule has 1 atom stereocenters. The van der Waals surface area contributed by atoms with Crippen molar-refractivity contribution in [3.63, 3.8) is 0 Å². The third-order valence-electron chi connectivity index (χ3n) is 5.17. The molecule has 1 fully saturated rings. The summed E-state index contributed by atoms with van der Waals surface area (Å²) >= 11 is 7.50. The topological polar surface area (TPSA) is 96.7 Å². The zero-order valence-electron chi connectivity index (χ0n) is 16.9. The lowest BCUT2D eigenvalue weighted by atomic mass is 10.1. The van der Waals surface area contributed by atoms with E-state index in [4.69, 9.17) is 22.1 Å². The second-order valence-electron chi connectivity index (χ2n) is 7.33. The smallest absolute Gasteiger partial charge is 0.261 e. The number of halogens is 1. The Labute approximate surface area is 185 Å². The van der Waals surface area contributed by atoms with Crippen LogP contribution in [0.5, 0.6) is 5.75 Å². The fourth-order valence-electron chi connectivity index (χ4n) is 3.53. The van der Waals surface area contributed by atoms with Crippen molar-refractivity contribution in [1.29, 1.82) is 0 Å². The van der Waals surface area contributed by atoms with Crippen LogP contribution in [0.25, 0.3) is 0 Å². The fourth-order valence-corrected chi connectivity index (χ4v) is 4.33. The van der Waals surface area contributed by atoms with E-state index in [1.807, 2.05) is 17.5 Å². The first-order chi connectivity index (χ1) is 14.5. The van der Waals surface area contributed by atoms with Crippen LogP contribution in [-0.2, 0) is 0 Å². The van der Waals surface area contributed by atoms with Crippen molar-refractivity contribution in [2.45, 2.75) is 12.8 Å². The van der Waals surface area contributed by atoms with E-state index in [1.165, 1.54) is 24.5 Å². The molecule has 2 aromatic rings. The maximum atomic E-state index is 12.6. The lowest BCUT2D eigenvalue weighted by Crippen LogP contribution is -2.32. The molecule has 9 heteroatoms. The average Bonchev–Trinajstić information content (AvgIpc) is 3.43. The van der Waals surface area contributed by atoms with Crippen LogP contribution in [0, 0.1) is 5.92 Å². The number of hydrogen-bond acceptors (Lipinski definition) is 6. The van der Waals surface area contributed by atoms with Crippen LogP contribution in [0.4, 0.5) is 5.69 Å². The Hall–Kier alpha value is -2.29. The van der Waals surface area contributed by atoms with Gasteiger partial charge in [-0.3, -0.25) is 9.59 Å². The molecule has 7 nitrogen and oxygen atoms in total.